The van der Waals surface area contributed by atoms with Crippen molar-refractivity contribution in [2.24, 2.45) is 11.8 Å². The number of hydrogen-bond acceptors (Lipinski definition) is 4. The van der Waals surface area contributed by atoms with E-state index in [1.807, 2.05) is 38.1 Å². The second-order valence-corrected chi connectivity index (χ2v) is 9.82. The van der Waals surface area contributed by atoms with E-state index in [-0.39, 0.29) is 36.7 Å². The standard InChI is InChI=1S/C28H34N2O5/c1-3-17(2)14-25(27(33)29-24(15-26(31)32)18-12-13-18)30-28(34)35-16-23-21-10-6-4-8-19(21)20-9-5-7-11-22(20)23/h4-11,17-18,23-25H,3,12-16H2,1-2H3,(H,29,33)(H,30,34)(H,31,32). The number of benzene rings is 2. The molecule has 0 heterocycles. The van der Waals surface area contributed by atoms with E-state index in [4.69, 9.17) is 4.74 Å². The van der Waals surface area contributed by atoms with Gasteiger partial charge in [-0.25, -0.2) is 4.79 Å². The average molecular weight is 479 g/mol. The molecule has 3 unspecified atom stereocenters. The van der Waals surface area contributed by atoms with Gasteiger partial charge in [-0.15, -0.1) is 0 Å². The predicted octanol–water partition coefficient (Wildman–Crippen LogP) is 4.70. The summed E-state index contributed by atoms with van der Waals surface area (Å²) in [6.45, 7) is 4.22. The fraction of sp³-hybridized carbons (Fsp3) is 0.464. The van der Waals surface area contributed by atoms with Gasteiger partial charge in [-0.3, -0.25) is 9.59 Å². The zero-order valence-corrected chi connectivity index (χ0v) is 20.3. The number of hydrogen-bond donors (Lipinski definition) is 3. The largest absolute Gasteiger partial charge is 0.481 e. The number of ether oxygens (including phenoxy) is 1. The van der Waals surface area contributed by atoms with Gasteiger partial charge in [-0.2, -0.15) is 0 Å². The van der Waals surface area contributed by atoms with E-state index < -0.39 is 24.1 Å². The normalized spacial score (nSPS) is 17.0. The van der Waals surface area contributed by atoms with Crippen LogP contribution in [0.3, 0.4) is 0 Å². The van der Waals surface area contributed by atoms with E-state index >= 15 is 0 Å². The van der Waals surface area contributed by atoms with Crippen molar-refractivity contribution in [3.8, 4) is 11.1 Å². The van der Waals surface area contributed by atoms with Crippen molar-refractivity contribution in [1.29, 1.82) is 0 Å². The number of alkyl carbamates (subject to hydrolysis) is 1. The van der Waals surface area contributed by atoms with Gasteiger partial charge in [0.25, 0.3) is 0 Å². The summed E-state index contributed by atoms with van der Waals surface area (Å²) >= 11 is 0. The minimum absolute atomic E-state index is 0.0650. The number of rotatable bonds is 11. The van der Waals surface area contributed by atoms with Crippen LogP contribution in [0.15, 0.2) is 48.5 Å². The van der Waals surface area contributed by atoms with Crippen LogP contribution >= 0.6 is 0 Å². The van der Waals surface area contributed by atoms with Crippen molar-refractivity contribution in [3.63, 3.8) is 0 Å². The number of amides is 2. The highest BCUT2D eigenvalue weighted by molar-refractivity contribution is 5.86. The molecule has 0 aromatic heterocycles. The fourth-order valence-electron chi connectivity index (χ4n) is 4.89. The molecule has 2 aliphatic carbocycles. The monoisotopic (exact) mass is 478 g/mol. The van der Waals surface area contributed by atoms with Crippen LogP contribution in [0.5, 0.6) is 0 Å². The third kappa shape index (κ3) is 6.02. The molecule has 2 amide bonds. The molecule has 0 aliphatic heterocycles. The first kappa shape index (κ1) is 24.8. The first-order chi connectivity index (χ1) is 16.9. The van der Waals surface area contributed by atoms with Crippen molar-refractivity contribution >= 4 is 18.0 Å². The van der Waals surface area contributed by atoms with E-state index in [1.54, 1.807) is 0 Å². The zero-order chi connectivity index (χ0) is 24.9. The van der Waals surface area contributed by atoms with Gasteiger partial charge < -0.3 is 20.5 Å². The summed E-state index contributed by atoms with van der Waals surface area (Å²) in [5, 5.41) is 14.8. The Kier molecular flexibility index (Phi) is 7.73. The minimum Gasteiger partial charge on any atom is -0.481 e. The number of carbonyl (C=O) groups is 3. The number of fused-ring (bicyclic) bond motifs is 3. The van der Waals surface area contributed by atoms with Crippen LogP contribution < -0.4 is 10.6 Å². The molecule has 2 aromatic carbocycles. The Balaban J connectivity index is 1.41. The molecule has 7 heteroatoms. The summed E-state index contributed by atoms with van der Waals surface area (Å²) in [7, 11) is 0. The van der Waals surface area contributed by atoms with Crippen LogP contribution in [0.4, 0.5) is 4.79 Å². The lowest BCUT2D eigenvalue weighted by Crippen LogP contribution is -2.51. The van der Waals surface area contributed by atoms with Gasteiger partial charge in [0.05, 0.1) is 6.42 Å². The summed E-state index contributed by atoms with van der Waals surface area (Å²) in [6, 6.07) is 15.0. The van der Waals surface area contributed by atoms with E-state index in [2.05, 4.69) is 34.9 Å². The lowest BCUT2D eigenvalue weighted by molar-refractivity contribution is -0.138. The van der Waals surface area contributed by atoms with Crippen LogP contribution in [-0.4, -0.2) is 41.8 Å². The molecule has 3 N–H and O–H groups in total. The molecule has 0 radical (unpaired) electrons. The van der Waals surface area contributed by atoms with E-state index in [0.717, 1.165) is 41.5 Å². The van der Waals surface area contributed by atoms with Crippen LogP contribution in [0.2, 0.25) is 0 Å². The molecule has 0 saturated heterocycles. The summed E-state index contributed by atoms with van der Waals surface area (Å²) in [5.41, 5.74) is 4.54. The molecule has 186 valence electrons. The molecule has 1 fully saturated rings. The first-order valence-corrected chi connectivity index (χ1v) is 12.5. The fourth-order valence-corrected chi connectivity index (χ4v) is 4.89. The third-order valence-corrected chi connectivity index (χ3v) is 7.20. The molecule has 4 rings (SSSR count). The highest BCUT2D eigenvalue weighted by Gasteiger charge is 2.36. The highest BCUT2D eigenvalue weighted by atomic mass is 16.5. The molecule has 0 bridgehead atoms. The zero-order valence-electron chi connectivity index (χ0n) is 20.3. The Hall–Kier alpha value is -3.35. The maximum absolute atomic E-state index is 13.1. The van der Waals surface area contributed by atoms with Crippen LogP contribution in [0.1, 0.15) is 63.0 Å². The minimum atomic E-state index is -0.940. The van der Waals surface area contributed by atoms with Crippen molar-refractivity contribution in [2.75, 3.05) is 6.61 Å². The SMILES string of the molecule is CCC(C)CC(NC(=O)OCC1c2ccccc2-c2ccccc21)C(=O)NC(CC(=O)O)C1CC1. The molecule has 7 nitrogen and oxygen atoms in total. The quantitative estimate of drug-likeness (QED) is 0.434. The van der Waals surface area contributed by atoms with Crippen LogP contribution in [-0.2, 0) is 14.3 Å². The maximum atomic E-state index is 13.1. The van der Waals surface area contributed by atoms with Gasteiger partial charge in [-0.05, 0) is 53.4 Å². The van der Waals surface area contributed by atoms with E-state index in [9.17, 15) is 19.5 Å². The number of nitrogens with one attached hydrogen (secondary N) is 2. The summed E-state index contributed by atoms with van der Waals surface area (Å²) in [6.07, 6.45) is 2.38. The van der Waals surface area contributed by atoms with Crippen molar-refractivity contribution in [1.82, 2.24) is 10.6 Å². The number of carboxylic acids is 1. The van der Waals surface area contributed by atoms with Gasteiger partial charge in [0.2, 0.25) is 5.91 Å². The van der Waals surface area contributed by atoms with Gasteiger partial charge in [0, 0.05) is 12.0 Å². The number of carboxylic acid groups (broad SMARTS) is 1. The molecule has 35 heavy (non-hydrogen) atoms. The Morgan fingerprint density at radius 3 is 2.14 bits per heavy atom. The van der Waals surface area contributed by atoms with Crippen LogP contribution in [0, 0.1) is 11.8 Å². The Labute approximate surface area is 206 Å². The second-order valence-electron chi connectivity index (χ2n) is 9.82. The Bertz CT molecular complexity index is 1040. The van der Waals surface area contributed by atoms with Gasteiger partial charge >= 0.3 is 12.1 Å². The molecule has 3 atom stereocenters. The smallest absolute Gasteiger partial charge is 0.407 e. The van der Waals surface area contributed by atoms with Crippen molar-refractivity contribution in [2.45, 2.75) is 64.0 Å². The maximum Gasteiger partial charge on any atom is 0.407 e. The summed E-state index contributed by atoms with van der Waals surface area (Å²) in [4.78, 5) is 37.1. The molecular formula is C28H34N2O5. The summed E-state index contributed by atoms with van der Waals surface area (Å²) < 4.78 is 5.64. The van der Waals surface area contributed by atoms with Gasteiger partial charge in [0.15, 0.2) is 0 Å². The topological polar surface area (TPSA) is 105 Å². The molecule has 1 saturated carbocycles. The Morgan fingerprint density at radius 1 is 1.00 bits per heavy atom. The van der Waals surface area contributed by atoms with Crippen molar-refractivity contribution in [3.05, 3.63) is 59.7 Å². The molecule has 2 aliphatic rings. The average Bonchev–Trinajstić information content (AvgIpc) is 3.64. The second kappa shape index (κ2) is 10.9. The third-order valence-electron chi connectivity index (χ3n) is 7.20. The number of carbonyl (C=O) groups excluding carboxylic acids is 2. The first-order valence-electron chi connectivity index (χ1n) is 12.5. The van der Waals surface area contributed by atoms with E-state index in [1.165, 1.54) is 0 Å². The Morgan fingerprint density at radius 2 is 1.60 bits per heavy atom. The number of aliphatic carboxylic acids is 1. The summed E-state index contributed by atoms with van der Waals surface area (Å²) in [5.74, 6) is -0.959. The molecule has 0 spiro atoms. The molecule has 2 aromatic rings. The van der Waals surface area contributed by atoms with Gasteiger partial charge in [-0.1, -0.05) is 68.8 Å². The lowest BCUT2D eigenvalue weighted by Gasteiger charge is -2.24. The van der Waals surface area contributed by atoms with E-state index in [0.29, 0.717) is 6.42 Å². The highest BCUT2D eigenvalue weighted by Crippen LogP contribution is 2.44. The van der Waals surface area contributed by atoms with Crippen LogP contribution in [0.25, 0.3) is 11.1 Å². The predicted molar refractivity (Wildman–Crippen MR) is 133 cm³/mol. The molecular weight excluding hydrogens is 444 g/mol. The lowest BCUT2D eigenvalue weighted by atomic mass is 9.98. The van der Waals surface area contributed by atoms with Gasteiger partial charge in [0.1, 0.15) is 12.6 Å². The van der Waals surface area contributed by atoms with Crippen molar-refractivity contribution < 1.29 is 24.2 Å².